The SMILES string of the molecule is COc1cc(C(=O)N2CCCN2C(=O)CN(C)C(=O)c2ccccc2)nc2ccccc12. The Hall–Kier alpha value is -3.94. The normalized spacial score (nSPS) is 13.3. The Balaban J connectivity index is 1.52. The topological polar surface area (TPSA) is 83.0 Å². The van der Waals surface area contributed by atoms with Crippen LogP contribution in [0.3, 0.4) is 0 Å². The minimum absolute atomic E-state index is 0.133. The second kappa shape index (κ2) is 9.05. The van der Waals surface area contributed by atoms with Crippen molar-refractivity contribution in [2.45, 2.75) is 6.42 Å². The van der Waals surface area contributed by atoms with E-state index in [2.05, 4.69) is 4.98 Å². The fourth-order valence-corrected chi connectivity index (χ4v) is 3.79. The molecule has 1 aliphatic rings. The number of hydrogen-bond acceptors (Lipinski definition) is 5. The summed E-state index contributed by atoms with van der Waals surface area (Å²) in [5.74, 6) is -0.409. The lowest BCUT2D eigenvalue weighted by Gasteiger charge is -2.29. The van der Waals surface area contributed by atoms with Crippen LogP contribution in [0.1, 0.15) is 27.3 Å². The number of likely N-dealkylation sites (N-methyl/N-ethyl adjacent to an activating group) is 1. The van der Waals surface area contributed by atoms with Crippen molar-refractivity contribution in [2.75, 3.05) is 33.8 Å². The van der Waals surface area contributed by atoms with E-state index in [1.54, 1.807) is 44.5 Å². The van der Waals surface area contributed by atoms with Crippen LogP contribution in [0.25, 0.3) is 10.9 Å². The van der Waals surface area contributed by atoms with Crippen LogP contribution in [0.2, 0.25) is 0 Å². The summed E-state index contributed by atoms with van der Waals surface area (Å²) in [5, 5.41) is 3.61. The van der Waals surface area contributed by atoms with Gasteiger partial charge in [0.1, 0.15) is 18.0 Å². The number of amides is 3. The lowest BCUT2D eigenvalue weighted by Crippen LogP contribution is -2.49. The van der Waals surface area contributed by atoms with Gasteiger partial charge in [0.15, 0.2) is 0 Å². The van der Waals surface area contributed by atoms with Gasteiger partial charge in [-0.05, 0) is 30.7 Å². The molecule has 2 heterocycles. The molecule has 0 bridgehead atoms. The van der Waals surface area contributed by atoms with Crippen LogP contribution in [-0.4, -0.2) is 71.4 Å². The van der Waals surface area contributed by atoms with Crippen LogP contribution in [-0.2, 0) is 4.79 Å². The summed E-state index contributed by atoms with van der Waals surface area (Å²) >= 11 is 0. The van der Waals surface area contributed by atoms with Crippen molar-refractivity contribution in [1.29, 1.82) is 0 Å². The van der Waals surface area contributed by atoms with Gasteiger partial charge >= 0.3 is 0 Å². The molecule has 32 heavy (non-hydrogen) atoms. The molecule has 8 heteroatoms. The number of nitrogens with zero attached hydrogens (tertiary/aromatic N) is 4. The Kier molecular flexibility index (Phi) is 6.02. The highest BCUT2D eigenvalue weighted by atomic mass is 16.5. The zero-order valence-electron chi connectivity index (χ0n) is 18.0. The molecule has 8 nitrogen and oxygen atoms in total. The lowest BCUT2D eigenvalue weighted by atomic mass is 10.1. The van der Waals surface area contributed by atoms with Gasteiger partial charge in [0, 0.05) is 37.2 Å². The van der Waals surface area contributed by atoms with Crippen LogP contribution >= 0.6 is 0 Å². The molecular formula is C24H24N4O4. The number of hydrogen-bond donors (Lipinski definition) is 0. The van der Waals surface area contributed by atoms with E-state index in [-0.39, 0.29) is 30.0 Å². The van der Waals surface area contributed by atoms with Gasteiger partial charge in [0.2, 0.25) is 0 Å². The molecule has 0 aliphatic carbocycles. The third kappa shape index (κ3) is 4.12. The predicted octanol–water partition coefficient (Wildman–Crippen LogP) is 2.61. The molecule has 1 fully saturated rings. The van der Waals surface area contributed by atoms with Crippen molar-refractivity contribution >= 4 is 28.6 Å². The van der Waals surface area contributed by atoms with E-state index in [0.717, 1.165) is 5.39 Å². The summed E-state index contributed by atoms with van der Waals surface area (Å²) in [6, 6.07) is 17.8. The second-order valence-corrected chi connectivity index (χ2v) is 7.55. The van der Waals surface area contributed by atoms with E-state index in [4.69, 9.17) is 4.74 Å². The summed E-state index contributed by atoms with van der Waals surface area (Å²) in [7, 11) is 3.12. The van der Waals surface area contributed by atoms with Crippen molar-refractivity contribution in [3.8, 4) is 5.75 Å². The zero-order chi connectivity index (χ0) is 22.7. The zero-order valence-corrected chi connectivity index (χ0v) is 18.0. The van der Waals surface area contributed by atoms with E-state index in [9.17, 15) is 14.4 Å². The van der Waals surface area contributed by atoms with Crippen molar-refractivity contribution in [3.05, 3.63) is 71.9 Å². The fourth-order valence-electron chi connectivity index (χ4n) is 3.79. The minimum Gasteiger partial charge on any atom is -0.496 e. The fraction of sp³-hybridized carbons (Fsp3) is 0.250. The van der Waals surface area contributed by atoms with Gasteiger partial charge in [-0.3, -0.25) is 14.4 Å². The van der Waals surface area contributed by atoms with E-state index in [1.807, 2.05) is 30.3 Å². The first-order valence-electron chi connectivity index (χ1n) is 10.4. The summed E-state index contributed by atoms with van der Waals surface area (Å²) < 4.78 is 5.44. The maximum Gasteiger partial charge on any atom is 0.291 e. The second-order valence-electron chi connectivity index (χ2n) is 7.55. The highest BCUT2D eigenvalue weighted by Crippen LogP contribution is 2.26. The van der Waals surface area contributed by atoms with E-state index >= 15 is 0 Å². The van der Waals surface area contributed by atoms with E-state index in [0.29, 0.717) is 36.3 Å². The summed E-state index contributed by atoms with van der Waals surface area (Å²) in [6.07, 6.45) is 0.651. The van der Waals surface area contributed by atoms with E-state index in [1.165, 1.54) is 14.9 Å². The summed E-state index contributed by atoms with van der Waals surface area (Å²) in [5.41, 5.74) is 1.35. The van der Waals surface area contributed by atoms with Crippen molar-refractivity contribution in [3.63, 3.8) is 0 Å². The average Bonchev–Trinajstić information content (AvgIpc) is 3.33. The largest absolute Gasteiger partial charge is 0.496 e. The van der Waals surface area contributed by atoms with Gasteiger partial charge in [-0.1, -0.05) is 30.3 Å². The number of hydrazine groups is 1. The van der Waals surface area contributed by atoms with Crippen LogP contribution in [0.4, 0.5) is 0 Å². The first kappa shape index (κ1) is 21.3. The Morgan fingerprint density at radius 2 is 1.69 bits per heavy atom. The van der Waals surface area contributed by atoms with Crippen molar-refractivity contribution < 1.29 is 19.1 Å². The number of rotatable bonds is 5. The van der Waals surface area contributed by atoms with E-state index < -0.39 is 0 Å². The van der Waals surface area contributed by atoms with Gasteiger partial charge in [-0.2, -0.15) is 0 Å². The Morgan fingerprint density at radius 3 is 2.44 bits per heavy atom. The molecule has 1 aromatic heterocycles. The Morgan fingerprint density at radius 1 is 1.00 bits per heavy atom. The monoisotopic (exact) mass is 432 g/mol. The van der Waals surface area contributed by atoms with Crippen LogP contribution < -0.4 is 4.74 Å². The van der Waals surface area contributed by atoms with Crippen molar-refractivity contribution in [1.82, 2.24) is 19.9 Å². The molecule has 2 aromatic carbocycles. The third-order valence-electron chi connectivity index (χ3n) is 5.41. The number of aromatic nitrogens is 1. The van der Waals surface area contributed by atoms with Gasteiger partial charge in [0.05, 0.1) is 12.6 Å². The molecule has 1 aliphatic heterocycles. The molecule has 0 atom stereocenters. The van der Waals surface area contributed by atoms with Gasteiger partial charge in [-0.15, -0.1) is 0 Å². The number of fused-ring (bicyclic) bond motifs is 1. The Labute approximate surface area is 186 Å². The molecule has 0 saturated carbocycles. The third-order valence-corrected chi connectivity index (χ3v) is 5.41. The summed E-state index contributed by atoms with van der Waals surface area (Å²) in [6.45, 7) is 0.673. The number of benzene rings is 2. The number of para-hydroxylation sites is 1. The standard InChI is InChI=1S/C24H24N4O4/c1-26(23(30)17-9-4-3-5-10-17)16-22(29)27-13-8-14-28(27)24(31)20-15-21(32-2)18-11-6-7-12-19(18)25-20/h3-7,9-12,15H,8,13-14,16H2,1-2H3. The van der Waals surface area contributed by atoms with Gasteiger partial charge in [-0.25, -0.2) is 15.0 Å². The quantitative estimate of drug-likeness (QED) is 0.619. The number of carbonyl (C=O) groups excluding carboxylic acids is 3. The molecule has 0 unspecified atom stereocenters. The minimum atomic E-state index is -0.378. The number of methoxy groups -OCH3 is 1. The molecule has 4 rings (SSSR count). The lowest BCUT2D eigenvalue weighted by molar-refractivity contribution is -0.141. The first-order chi connectivity index (χ1) is 15.5. The van der Waals surface area contributed by atoms with Gasteiger partial charge in [0.25, 0.3) is 17.7 Å². The number of ether oxygens (including phenoxy) is 1. The maximum atomic E-state index is 13.2. The first-order valence-corrected chi connectivity index (χ1v) is 10.4. The highest BCUT2D eigenvalue weighted by molar-refractivity contribution is 5.99. The average molecular weight is 432 g/mol. The van der Waals surface area contributed by atoms with Crippen LogP contribution in [0.15, 0.2) is 60.7 Å². The van der Waals surface area contributed by atoms with Crippen LogP contribution in [0.5, 0.6) is 5.75 Å². The molecule has 3 amide bonds. The molecular weight excluding hydrogens is 408 g/mol. The molecule has 1 saturated heterocycles. The molecule has 164 valence electrons. The molecule has 0 radical (unpaired) electrons. The van der Waals surface area contributed by atoms with Crippen LogP contribution in [0, 0.1) is 0 Å². The number of carbonyl (C=O) groups is 3. The smallest absolute Gasteiger partial charge is 0.291 e. The molecule has 3 aromatic rings. The van der Waals surface area contributed by atoms with Crippen molar-refractivity contribution in [2.24, 2.45) is 0 Å². The highest BCUT2D eigenvalue weighted by Gasteiger charge is 2.33. The van der Waals surface area contributed by atoms with Gasteiger partial charge < -0.3 is 9.64 Å². The molecule has 0 spiro atoms. The molecule has 0 N–H and O–H groups in total. The number of pyridine rings is 1. The maximum absolute atomic E-state index is 13.2. The predicted molar refractivity (Wildman–Crippen MR) is 119 cm³/mol. The Bertz CT molecular complexity index is 1170. The summed E-state index contributed by atoms with van der Waals surface area (Å²) in [4.78, 5) is 44.6.